The topological polar surface area (TPSA) is 198 Å². The van der Waals surface area contributed by atoms with Crippen LogP contribution in [0, 0.1) is 6.92 Å². The van der Waals surface area contributed by atoms with Crippen molar-refractivity contribution in [3.63, 3.8) is 0 Å². The second-order valence-corrected chi connectivity index (χ2v) is 10.7. The highest BCUT2D eigenvalue weighted by molar-refractivity contribution is 5.90. The lowest BCUT2D eigenvalue weighted by Gasteiger charge is -2.40. The first-order chi connectivity index (χ1) is 19.6. The van der Waals surface area contributed by atoms with Crippen molar-refractivity contribution in [2.24, 2.45) is 0 Å². The molecule has 0 radical (unpaired) electrons. The fourth-order valence-electron chi connectivity index (χ4n) is 4.57. The van der Waals surface area contributed by atoms with Gasteiger partial charge in [0.05, 0.1) is 25.4 Å². The number of carbonyl (C=O) groups excluding carboxylic acids is 2. The third kappa shape index (κ3) is 11.9. The third-order valence-electron chi connectivity index (χ3n) is 7.19. The van der Waals surface area contributed by atoms with E-state index in [4.69, 9.17) is 9.47 Å². The SMILES string of the molecule is CCCCCCCC(=O)N[C@@H](CO[C@H]1OC(CO)[C@H](O)C(O)[C@@H]1O)[C@H](O)[C@H](O)CCCC(=O)Nc1ccc(C)cc1. The quantitative estimate of drug-likeness (QED) is 0.112. The van der Waals surface area contributed by atoms with Crippen LogP contribution >= 0.6 is 0 Å². The van der Waals surface area contributed by atoms with Crippen molar-refractivity contribution in [1.29, 1.82) is 0 Å². The minimum Gasteiger partial charge on any atom is -0.394 e. The molecule has 0 bridgehead atoms. The number of amides is 2. The van der Waals surface area contributed by atoms with Gasteiger partial charge in [-0.1, -0.05) is 50.3 Å². The van der Waals surface area contributed by atoms with Gasteiger partial charge in [0, 0.05) is 18.5 Å². The summed E-state index contributed by atoms with van der Waals surface area (Å²) in [5, 5.41) is 66.7. The summed E-state index contributed by atoms with van der Waals surface area (Å²) in [6, 6.07) is 6.22. The van der Waals surface area contributed by atoms with Gasteiger partial charge >= 0.3 is 0 Å². The van der Waals surface area contributed by atoms with E-state index in [0.29, 0.717) is 12.1 Å². The summed E-state index contributed by atoms with van der Waals surface area (Å²) < 4.78 is 10.9. The number of aliphatic hydroxyl groups is 6. The Hall–Kier alpha value is -2.16. The number of nitrogens with one attached hydrogen (secondary N) is 2. The van der Waals surface area contributed by atoms with Crippen LogP contribution in [0.4, 0.5) is 5.69 Å². The molecule has 1 aliphatic heterocycles. The van der Waals surface area contributed by atoms with Crippen LogP contribution in [-0.4, -0.2) is 105 Å². The molecule has 41 heavy (non-hydrogen) atoms. The number of benzene rings is 1. The molecule has 2 amide bonds. The maximum Gasteiger partial charge on any atom is 0.224 e. The zero-order valence-corrected chi connectivity index (χ0v) is 24.0. The molecular formula is C29H48N2O10. The van der Waals surface area contributed by atoms with Crippen molar-refractivity contribution in [3.8, 4) is 0 Å². The van der Waals surface area contributed by atoms with Crippen molar-refractivity contribution in [3.05, 3.63) is 29.8 Å². The van der Waals surface area contributed by atoms with Gasteiger partial charge in [-0.05, 0) is 38.3 Å². The van der Waals surface area contributed by atoms with Crippen molar-refractivity contribution < 1.29 is 49.7 Å². The lowest BCUT2D eigenvalue weighted by atomic mass is 9.99. The fourth-order valence-corrected chi connectivity index (χ4v) is 4.57. The Morgan fingerprint density at radius 1 is 0.927 bits per heavy atom. The molecular weight excluding hydrogens is 536 g/mol. The predicted molar refractivity (Wildman–Crippen MR) is 151 cm³/mol. The maximum atomic E-state index is 12.6. The second kappa shape index (κ2) is 18.4. The van der Waals surface area contributed by atoms with Crippen molar-refractivity contribution in [2.45, 2.75) is 121 Å². The van der Waals surface area contributed by atoms with E-state index >= 15 is 0 Å². The molecule has 1 aromatic carbocycles. The van der Waals surface area contributed by atoms with E-state index in [-0.39, 0.29) is 37.5 Å². The molecule has 8 atom stereocenters. The van der Waals surface area contributed by atoms with Gasteiger partial charge in [0.1, 0.15) is 30.5 Å². The average molecular weight is 585 g/mol. The number of ether oxygens (including phenoxy) is 2. The van der Waals surface area contributed by atoms with E-state index in [1.807, 2.05) is 19.1 Å². The molecule has 1 heterocycles. The zero-order chi connectivity index (χ0) is 30.4. The van der Waals surface area contributed by atoms with Crippen LogP contribution in [-0.2, 0) is 19.1 Å². The number of hydrogen-bond donors (Lipinski definition) is 8. The van der Waals surface area contributed by atoms with Gasteiger partial charge in [-0.2, -0.15) is 0 Å². The first-order valence-electron chi connectivity index (χ1n) is 14.5. The van der Waals surface area contributed by atoms with E-state index in [1.54, 1.807) is 12.1 Å². The number of aliphatic hydroxyl groups excluding tert-OH is 6. The van der Waals surface area contributed by atoms with Crippen LogP contribution in [0.3, 0.4) is 0 Å². The number of hydrogen-bond acceptors (Lipinski definition) is 10. The highest BCUT2D eigenvalue weighted by Gasteiger charge is 2.44. The van der Waals surface area contributed by atoms with Gasteiger partial charge < -0.3 is 50.7 Å². The molecule has 12 heteroatoms. The fraction of sp³-hybridized carbons (Fsp3) is 0.724. The highest BCUT2D eigenvalue weighted by atomic mass is 16.7. The maximum absolute atomic E-state index is 12.6. The van der Waals surface area contributed by atoms with Gasteiger partial charge in [0.2, 0.25) is 11.8 Å². The van der Waals surface area contributed by atoms with Crippen molar-refractivity contribution in [1.82, 2.24) is 5.32 Å². The molecule has 0 spiro atoms. The molecule has 1 aromatic rings. The molecule has 1 saturated heterocycles. The Morgan fingerprint density at radius 2 is 1.59 bits per heavy atom. The molecule has 1 aliphatic rings. The molecule has 0 aromatic heterocycles. The van der Waals surface area contributed by atoms with Crippen LogP contribution < -0.4 is 10.6 Å². The van der Waals surface area contributed by atoms with E-state index in [0.717, 1.165) is 31.2 Å². The molecule has 1 fully saturated rings. The van der Waals surface area contributed by atoms with Crippen molar-refractivity contribution in [2.75, 3.05) is 18.5 Å². The van der Waals surface area contributed by atoms with Crippen molar-refractivity contribution >= 4 is 17.5 Å². The van der Waals surface area contributed by atoms with Gasteiger partial charge in [-0.3, -0.25) is 9.59 Å². The summed E-state index contributed by atoms with van der Waals surface area (Å²) in [5.74, 6) is -0.595. The molecule has 0 aliphatic carbocycles. The summed E-state index contributed by atoms with van der Waals surface area (Å²) >= 11 is 0. The monoisotopic (exact) mass is 584 g/mol. The summed E-state index contributed by atoms with van der Waals surface area (Å²) in [6.07, 6.45) is -4.98. The largest absolute Gasteiger partial charge is 0.394 e. The van der Waals surface area contributed by atoms with Crippen LogP contribution in [0.15, 0.2) is 24.3 Å². The van der Waals surface area contributed by atoms with E-state index < -0.39 is 62.2 Å². The third-order valence-corrected chi connectivity index (χ3v) is 7.19. The van der Waals surface area contributed by atoms with Gasteiger partial charge in [-0.25, -0.2) is 0 Å². The Morgan fingerprint density at radius 3 is 2.24 bits per heavy atom. The number of carbonyl (C=O) groups is 2. The minimum atomic E-state index is -1.66. The van der Waals surface area contributed by atoms with E-state index in [2.05, 4.69) is 17.6 Å². The van der Waals surface area contributed by atoms with E-state index in [9.17, 15) is 40.2 Å². The minimum absolute atomic E-state index is 0.0614. The van der Waals surface area contributed by atoms with Gasteiger partial charge in [0.25, 0.3) is 0 Å². The summed E-state index contributed by atoms with van der Waals surface area (Å²) in [6.45, 7) is 2.99. The smallest absolute Gasteiger partial charge is 0.224 e. The number of anilines is 1. The average Bonchev–Trinajstić information content (AvgIpc) is 2.95. The second-order valence-electron chi connectivity index (χ2n) is 10.7. The lowest BCUT2D eigenvalue weighted by molar-refractivity contribution is -0.303. The Bertz CT molecular complexity index is 900. The molecule has 0 saturated carbocycles. The summed E-state index contributed by atoms with van der Waals surface area (Å²) in [5.41, 5.74) is 1.72. The number of rotatable bonds is 18. The molecule has 8 N–H and O–H groups in total. The number of unbranched alkanes of at least 4 members (excludes halogenated alkanes) is 4. The van der Waals surface area contributed by atoms with Crippen LogP contribution in [0.25, 0.3) is 0 Å². The van der Waals surface area contributed by atoms with Crippen LogP contribution in [0.2, 0.25) is 0 Å². The predicted octanol–water partition coefficient (Wildman–Crippen LogP) is 0.487. The first-order valence-corrected chi connectivity index (χ1v) is 14.5. The van der Waals surface area contributed by atoms with Gasteiger partial charge in [0.15, 0.2) is 6.29 Å². The highest BCUT2D eigenvalue weighted by Crippen LogP contribution is 2.23. The first kappa shape index (κ1) is 35.0. The number of aryl methyl sites for hydroxylation is 1. The normalized spacial score (nSPS) is 24.8. The summed E-state index contributed by atoms with van der Waals surface area (Å²) in [7, 11) is 0. The molecule has 2 unspecified atom stereocenters. The van der Waals surface area contributed by atoms with E-state index in [1.165, 1.54) is 0 Å². The zero-order valence-electron chi connectivity index (χ0n) is 24.0. The van der Waals surface area contributed by atoms with Gasteiger partial charge in [-0.15, -0.1) is 0 Å². The Kier molecular flexibility index (Phi) is 15.7. The Labute approximate surface area is 241 Å². The standard InChI is InChI=1S/C29H48N2O10/c1-3-4-5-6-7-10-24(35)31-20(17-40-29-28(39)27(38)26(37)22(16-32)41-29)25(36)21(33)9-8-11-23(34)30-19-14-12-18(2)13-15-19/h12-15,20-22,25-29,32-33,36-39H,3-11,16-17H2,1-2H3,(H,30,34)(H,31,35)/t20-,21+,22?,25-,26-,27?,28-,29-/m0/s1. The Balaban J connectivity index is 1.94. The van der Waals surface area contributed by atoms with Crippen LogP contribution in [0.1, 0.15) is 70.3 Å². The molecule has 234 valence electrons. The molecule has 2 rings (SSSR count). The lowest BCUT2D eigenvalue weighted by Crippen LogP contribution is -2.60. The summed E-state index contributed by atoms with van der Waals surface area (Å²) in [4.78, 5) is 24.9. The molecule has 12 nitrogen and oxygen atoms in total. The van der Waals surface area contributed by atoms with Crippen LogP contribution in [0.5, 0.6) is 0 Å².